The van der Waals surface area contributed by atoms with E-state index in [-0.39, 0.29) is 18.8 Å². The molecule has 2 aliphatic rings. The van der Waals surface area contributed by atoms with Crippen molar-refractivity contribution in [2.75, 3.05) is 19.8 Å². The molecule has 2 heterocycles. The van der Waals surface area contributed by atoms with E-state index in [1.54, 1.807) is 0 Å². The van der Waals surface area contributed by atoms with E-state index in [1.807, 2.05) is 0 Å². The van der Waals surface area contributed by atoms with Gasteiger partial charge in [-0.15, -0.1) is 0 Å². The lowest BCUT2D eigenvalue weighted by molar-refractivity contribution is -0.132. The molecule has 0 bridgehead atoms. The molecule has 0 aromatic carbocycles. The van der Waals surface area contributed by atoms with E-state index >= 15 is 0 Å². The molecule has 0 aromatic heterocycles. The highest BCUT2D eigenvalue weighted by molar-refractivity contribution is 5.81. The molecule has 0 amide bonds. The van der Waals surface area contributed by atoms with Crippen molar-refractivity contribution in [3.63, 3.8) is 0 Å². The summed E-state index contributed by atoms with van der Waals surface area (Å²) in [6.45, 7) is 1.24. The van der Waals surface area contributed by atoms with Crippen molar-refractivity contribution in [1.82, 2.24) is 0 Å². The summed E-state index contributed by atoms with van der Waals surface area (Å²) < 4.78 is 15.8. The van der Waals surface area contributed by atoms with E-state index in [2.05, 4.69) is 0 Å². The molecule has 2 aliphatic heterocycles. The van der Waals surface area contributed by atoms with Gasteiger partial charge in [0.25, 0.3) is 0 Å². The van der Waals surface area contributed by atoms with Gasteiger partial charge in [-0.25, -0.2) is 9.59 Å². The Morgan fingerprint density at radius 1 is 1.16 bits per heavy atom. The zero-order valence-electron chi connectivity index (χ0n) is 10.0. The smallest absolute Gasteiger partial charge is 0.328 e. The topological polar surface area (TPSA) is 109 Å². The van der Waals surface area contributed by atoms with Crippen LogP contribution in [0.1, 0.15) is 0 Å². The summed E-state index contributed by atoms with van der Waals surface area (Å²) in [6, 6.07) is 0. The molecular formula is C12H14O7. The molecule has 19 heavy (non-hydrogen) atoms. The van der Waals surface area contributed by atoms with Crippen LogP contribution in [0, 0.1) is 0 Å². The molecular weight excluding hydrogens is 256 g/mol. The zero-order chi connectivity index (χ0) is 13.9. The van der Waals surface area contributed by atoms with Crippen LogP contribution in [0.4, 0.5) is 0 Å². The fraction of sp³-hybridized carbons (Fsp3) is 0.500. The van der Waals surface area contributed by atoms with Gasteiger partial charge in [-0.1, -0.05) is 0 Å². The van der Waals surface area contributed by atoms with Crippen LogP contribution in [0.5, 0.6) is 0 Å². The molecule has 104 valence electrons. The molecule has 2 unspecified atom stereocenters. The Balaban J connectivity index is 2.14. The monoisotopic (exact) mass is 270 g/mol. The average molecular weight is 270 g/mol. The standard InChI is InChI=1S/C12H14O7/c13-10(14)1-3-12(9-7-18-9,4-2-11(15)16)19-6-8-5-17-8/h1-4,8-9H,5-7H2,(H,13,14)(H,15,16). The summed E-state index contributed by atoms with van der Waals surface area (Å²) in [5.41, 5.74) is -1.18. The molecule has 0 aromatic rings. The first kappa shape index (κ1) is 13.7. The van der Waals surface area contributed by atoms with Crippen molar-refractivity contribution in [1.29, 1.82) is 0 Å². The van der Waals surface area contributed by atoms with Gasteiger partial charge in [0, 0.05) is 12.2 Å². The van der Waals surface area contributed by atoms with Crippen LogP contribution < -0.4 is 0 Å². The molecule has 0 spiro atoms. The average Bonchev–Trinajstić information content (AvgIpc) is 3.20. The second-order valence-electron chi connectivity index (χ2n) is 4.29. The van der Waals surface area contributed by atoms with Crippen molar-refractivity contribution < 1.29 is 34.0 Å². The van der Waals surface area contributed by atoms with Crippen LogP contribution in [0.3, 0.4) is 0 Å². The van der Waals surface area contributed by atoms with Crippen molar-refractivity contribution in [2.24, 2.45) is 0 Å². The first-order valence-electron chi connectivity index (χ1n) is 5.73. The molecule has 2 atom stereocenters. The predicted molar refractivity (Wildman–Crippen MR) is 61.7 cm³/mol. The molecule has 0 radical (unpaired) electrons. The zero-order valence-corrected chi connectivity index (χ0v) is 10.0. The minimum atomic E-state index is -1.18. The largest absolute Gasteiger partial charge is 0.478 e. The van der Waals surface area contributed by atoms with E-state index in [1.165, 1.54) is 12.2 Å². The summed E-state index contributed by atoms with van der Waals surface area (Å²) >= 11 is 0. The number of rotatable bonds is 8. The van der Waals surface area contributed by atoms with Gasteiger partial charge in [0.1, 0.15) is 17.8 Å². The third-order valence-corrected chi connectivity index (χ3v) is 2.73. The maximum absolute atomic E-state index is 10.6. The molecule has 7 nitrogen and oxygen atoms in total. The fourth-order valence-corrected chi connectivity index (χ4v) is 1.57. The highest BCUT2D eigenvalue weighted by Gasteiger charge is 2.46. The lowest BCUT2D eigenvalue weighted by Crippen LogP contribution is -2.36. The maximum Gasteiger partial charge on any atom is 0.328 e. The lowest BCUT2D eigenvalue weighted by atomic mass is 9.98. The van der Waals surface area contributed by atoms with Gasteiger partial charge in [0.15, 0.2) is 0 Å². The van der Waals surface area contributed by atoms with Crippen LogP contribution in [0.2, 0.25) is 0 Å². The van der Waals surface area contributed by atoms with Crippen molar-refractivity contribution in [2.45, 2.75) is 17.8 Å². The van der Waals surface area contributed by atoms with Crippen molar-refractivity contribution in [3.05, 3.63) is 24.3 Å². The third-order valence-electron chi connectivity index (χ3n) is 2.73. The van der Waals surface area contributed by atoms with E-state index in [0.717, 1.165) is 12.2 Å². The Labute approximate surface area is 109 Å². The molecule has 2 N–H and O–H groups in total. The van der Waals surface area contributed by atoms with Gasteiger partial charge in [0.2, 0.25) is 0 Å². The van der Waals surface area contributed by atoms with Crippen LogP contribution in [-0.4, -0.2) is 59.8 Å². The first-order chi connectivity index (χ1) is 9.02. The van der Waals surface area contributed by atoms with Gasteiger partial charge < -0.3 is 24.4 Å². The number of hydrogen-bond acceptors (Lipinski definition) is 5. The van der Waals surface area contributed by atoms with Gasteiger partial charge in [0.05, 0.1) is 19.8 Å². The minimum Gasteiger partial charge on any atom is -0.478 e. The molecule has 2 rings (SSSR count). The highest BCUT2D eigenvalue weighted by Crippen LogP contribution is 2.32. The van der Waals surface area contributed by atoms with Crippen molar-refractivity contribution in [3.8, 4) is 0 Å². The number of carboxylic acids is 2. The first-order valence-corrected chi connectivity index (χ1v) is 5.73. The molecule has 7 heteroatoms. The quantitative estimate of drug-likeness (QED) is 0.465. The van der Waals surface area contributed by atoms with E-state index < -0.39 is 17.5 Å². The van der Waals surface area contributed by atoms with Crippen LogP contribution in [0.25, 0.3) is 0 Å². The number of carboxylic acid groups (broad SMARTS) is 2. The summed E-state index contributed by atoms with van der Waals surface area (Å²) in [4.78, 5) is 21.3. The minimum absolute atomic E-state index is 0.0189. The Bertz CT molecular complexity index is 394. The summed E-state index contributed by atoms with van der Waals surface area (Å²) in [6.07, 6.45) is 4.04. The van der Waals surface area contributed by atoms with Gasteiger partial charge in [-0.05, 0) is 12.2 Å². The second kappa shape index (κ2) is 5.52. The van der Waals surface area contributed by atoms with Crippen LogP contribution in [-0.2, 0) is 23.8 Å². The molecule has 2 saturated heterocycles. The summed E-state index contributed by atoms with van der Waals surface area (Å²) in [7, 11) is 0. The number of aliphatic carboxylic acids is 2. The van der Waals surface area contributed by atoms with E-state index in [9.17, 15) is 9.59 Å². The Morgan fingerprint density at radius 2 is 1.68 bits per heavy atom. The summed E-state index contributed by atoms with van der Waals surface area (Å²) in [5, 5.41) is 17.4. The molecule has 0 aliphatic carbocycles. The van der Waals surface area contributed by atoms with Gasteiger partial charge in [-0.3, -0.25) is 0 Å². The van der Waals surface area contributed by atoms with Gasteiger partial charge in [-0.2, -0.15) is 0 Å². The van der Waals surface area contributed by atoms with E-state index in [0.29, 0.717) is 13.2 Å². The third kappa shape index (κ3) is 4.16. The SMILES string of the molecule is O=C(O)C=CC(C=CC(=O)O)(OCC1CO1)C1CO1. The fourth-order valence-electron chi connectivity index (χ4n) is 1.57. The molecule has 0 saturated carbocycles. The van der Waals surface area contributed by atoms with Gasteiger partial charge >= 0.3 is 11.9 Å². The lowest BCUT2D eigenvalue weighted by Gasteiger charge is -2.25. The maximum atomic E-state index is 10.6. The Kier molecular flexibility index (Phi) is 3.98. The van der Waals surface area contributed by atoms with E-state index in [4.69, 9.17) is 24.4 Å². The molecule has 2 fully saturated rings. The number of carbonyl (C=O) groups is 2. The Morgan fingerprint density at radius 3 is 2.05 bits per heavy atom. The number of hydrogen-bond donors (Lipinski definition) is 2. The Hall–Kier alpha value is -1.70. The predicted octanol–water partition coefficient (Wildman–Crippen LogP) is -0.179. The summed E-state index contributed by atoms with van der Waals surface area (Å²) in [5.74, 6) is -2.28. The number of epoxide rings is 2. The highest BCUT2D eigenvalue weighted by atomic mass is 16.6. The van der Waals surface area contributed by atoms with Crippen LogP contribution >= 0.6 is 0 Å². The van der Waals surface area contributed by atoms with Crippen molar-refractivity contribution >= 4 is 11.9 Å². The van der Waals surface area contributed by atoms with Crippen LogP contribution in [0.15, 0.2) is 24.3 Å². The number of ether oxygens (including phenoxy) is 3. The second-order valence-corrected chi connectivity index (χ2v) is 4.29. The normalized spacial score (nSPS) is 28.4.